The van der Waals surface area contributed by atoms with E-state index in [0.717, 1.165) is 23.9 Å². The van der Waals surface area contributed by atoms with Crippen molar-refractivity contribution in [2.75, 3.05) is 13.7 Å². The minimum absolute atomic E-state index is 0.602. The SMILES string of the molecule is CCOCc1nc(CNC)c(-c2ccccc2)s1. The molecule has 0 radical (unpaired) electrons. The van der Waals surface area contributed by atoms with Crippen molar-refractivity contribution in [2.24, 2.45) is 0 Å². The average molecular weight is 262 g/mol. The quantitative estimate of drug-likeness (QED) is 0.868. The maximum atomic E-state index is 5.43. The molecule has 0 amide bonds. The van der Waals surface area contributed by atoms with E-state index in [1.165, 1.54) is 10.4 Å². The summed E-state index contributed by atoms with van der Waals surface area (Å²) in [7, 11) is 1.94. The molecule has 3 nitrogen and oxygen atoms in total. The molecule has 0 unspecified atom stereocenters. The van der Waals surface area contributed by atoms with Crippen LogP contribution in [0.2, 0.25) is 0 Å². The number of ether oxygens (including phenoxy) is 1. The Labute approximate surface area is 112 Å². The van der Waals surface area contributed by atoms with E-state index in [0.29, 0.717) is 6.61 Å². The molecule has 2 rings (SSSR count). The lowest BCUT2D eigenvalue weighted by Gasteiger charge is -2.00. The fourth-order valence-corrected chi connectivity index (χ4v) is 2.78. The molecule has 0 aliphatic rings. The molecule has 96 valence electrons. The van der Waals surface area contributed by atoms with Crippen LogP contribution in [-0.4, -0.2) is 18.6 Å². The summed E-state index contributed by atoms with van der Waals surface area (Å²) >= 11 is 1.72. The summed E-state index contributed by atoms with van der Waals surface area (Å²) in [5.74, 6) is 0. The Bertz CT molecular complexity index is 482. The molecule has 1 N–H and O–H groups in total. The third-order valence-corrected chi connectivity index (χ3v) is 3.67. The first-order valence-corrected chi connectivity index (χ1v) is 6.93. The van der Waals surface area contributed by atoms with Crippen molar-refractivity contribution < 1.29 is 4.74 Å². The summed E-state index contributed by atoms with van der Waals surface area (Å²) < 4.78 is 5.43. The van der Waals surface area contributed by atoms with E-state index in [1.807, 2.05) is 20.0 Å². The molecule has 0 fully saturated rings. The molecule has 0 aliphatic heterocycles. The van der Waals surface area contributed by atoms with E-state index < -0.39 is 0 Å². The molecule has 4 heteroatoms. The van der Waals surface area contributed by atoms with Crippen LogP contribution in [0.3, 0.4) is 0 Å². The second-order valence-corrected chi connectivity index (χ2v) is 5.00. The van der Waals surface area contributed by atoms with Crippen LogP contribution in [-0.2, 0) is 17.9 Å². The fraction of sp³-hybridized carbons (Fsp3) is 0.357. The van der Waals surface area contributed by atoms with Gasteiger partial charge in [0, 0.05) is 13.2 Å². The molecule has 1 heterocycles. The van der Waals surface area contributed by atoms with Gasteiger partial charge in [0.15, 0.2) is 0 Å². The largest absolute Gasteiger partial charge is 0.375 e. The number of nitrogens with one attached hydrogen (secondary N) is 1. The Morgan fingerprint density at radius 1 is 1.28 bits per heavy atom. The van der Waals surface area contributed by atoms with Gasteiger partial charge < -0.3 is 10.1 Å². The Balaban J connectivity index is 2.29. The molecule has 2 aromatic rings. The zero-order chi connectivity index (χ0) is 12.8. The van der Waals surface area contributed by atoms with Crippen LogP contribution in [0.15, 0.2) is 30.3 Å². The van der Waals surface area contributed by atoms with Crippen LogP contribution in [0.5, 0.6) is 0 Å². The lowest BCUT2D eigenvalue weighted by Crippen LogP contribution is -2.06. The number of nitrogens with zero attached hydrogens (tertiary/aromatic N) is 1. The van der Waals surface area contributed by atoms with Gasteiger partial charge in [-0.05, 0) is 19.5 Å². The average Bonchev–Trinajstić information content (AvgIpc) is 2.81. The molecule has 18 heavy (non-hydrogen) atoms. The van der Waals surface area contributed by atoms with E-state index in [4.69, 9.17) is 4.74 Å². The predicted molar refractivity (Wildman–Crippen MR) is 75.6 cm³/mol. The summed E-state index contributed by atoms with van der Waals surface area (Å²) in [6.07, 6.45) is 0. The number of thiazole rings is 1. The molecular weight excluding hydrogens is 244 g/mol. The van der Waals surface area contributed by atoms with Crippen LogP contribution in [0.1, 0.15) is 17.6 Å². The van der Waals surface area contributed by atoms with Gasteiger partial charge >= 0.3 is 0 Å². The molecule has 0 spiro atoms. The van der Waals surface area contributed by atoms with Crippen LogP contribution >= 0.6 is 11.3 Å². The zero-order valence-corrected chi connectivity index (χ0v) is 11.6. The lowest BCUT2D eigenvalue weighted by atomic mass is 10.1. The van der Waals surface area contributed by atoms with Crippen LogP contribution in [0.4, 0.5) is 0 Å². The van der Waals surface area contributed by atoms with Gasteiger partial charge in [0.25, 0.3) is 0 Å². The molecule has 0 bridgehead atoms. The highest BCUT2D eigenvalue weighted by molar-refractivity contribution is 7.15. The third-order valence-electron chi connectivity index (χ3n) is 2.55. The first-order chi connectivity index (χ1) is 8.85. The Hall–Kier alpha value is -1.23. The normalized spacial score (nSPS) is 10.8. The van der Waals surface area contributed by atoms with Gasteiger partial charge in [-0.2, -0.15) is 0 Å². The second kappa shape index (κ2) is 6.64. The van der Waals surface area contributed by atoms with Crippen LogP contribution in [0, 0.1) is 0 Å². The Morgan fingerprint density at radius 3 is 2.72 bits per heavy atom. The summed E-state index contributed by atoms with van der Waals surface area (Å²) in [6.45, 7) is 4.11. The summed E-state index contributed by atoms with van der Waals surface area (Å²) in [5, 5.41) is 4.21. The standard InChI is InChI=1S/C14H18N2OS/c1-3-17-10-13-16-12(9-15-2)14(18-13)11-7-5-4-6-8-11/h4-8,15H,3,9-10H2,1-2H3. The maximum Gasteiger partial charge on any atom is 0.119 e. The van der Waals surface area contributed by atoms with Gasteiger partial charge in [0.2, 0.25) is 0 Å². The van der Waals surface area contributed by atoms with Crippen molar-refractivity contribution in [3.05, 3.63) is 41.0 Å². The minimum atomic E-state index is 0.602. The van der Waals surface area contributed by atoms with Crippen molar-refractivity contribution >= 4 is 11.3 Å². The first kappa shape index (κ1) is 13.2. The van der Waals surface area contributed by atoms with Gasteiger partial charge in [-0.15, -0.1) is 11.3 Å². The van der Waals surface area contributed by atoms with E-state index >= 15 is 0 Å². The lowest BCUT2D eigenvalue weighted by molar-refractivity contribution is 0.133. The predicted octanol–water partition coefficient (Wildman–Crippen LogP) is 3.07. The van der Waals surface area contributed by atoms with E-state index in [-0.39, 0.29) is 0 Å². The highest BCUT2D eigenvalue weighted by Crippen LogP contribution is 2.30. The van der Waals surface area contributed by atoms with Gasteiger partial charge in [0.05, 0.1) is 17.2 Å². The smallest absolute Gasteiger partial charge is 0.119 e. The summed E-state index contributed by atoms with van der Waals surface area (Å²) in [5.41, 5.74) is 2.33. The van der Waals surface area contributed by atoms with Crippen LogP contribution in [0.25, 0.3) is 10.4 Å². The molecule has 0 aliphatic carbocycles. The van der Waals surface area contributed by atoms with Gasteiger partial charge in [0.1, 0.15) is 5.01 Å². The van der Waals surface area contributed by atoms with E-state index in [2.05, 4.69) is 34.6 Å². The highest BCUT2D eigenvalue weighted by atomic mass is 32.1. The topological polar surface area (TPSA) is 34.1 Å². The first-order valence-electron chi connectivity index (χ1n) is 6.11. The molecule has 0 saturated heterocycles. The molecule has 0 saturated carbocycles. The number of benzene rings is 1. The Morgan fingerprint density at radius 2 is 2.06 bits per heavy atom. The summed E-state index contributed by atoms with van der Waals surface area (Å²) in [6, 6.07) is 10.4. The zero-order valence-electron chi connectivity index (χ0n) is 10.8. The van der Waals surface area contributed by atoms with Gasteiger partial charge in [-0.25, -0.2) is 4.98 Å². The number of hydrogen-bond donors (Lipinski definition) is 1. The van der Waals surface area contributed by atoms with E-state index in [9.17, 15) is 0 Å². The second-order valence-electron chi connectivity index (χ2n) is 3.92. The monoisotopic (exact) mass is 262 g/mol. The molecule has 1 aromatic heterocycles. The number of aromatic nitrogens is 1. The van der Waals surface area contributed by atoms with Crippen molar-refractivity contribution in [3.63, 3.8) is 0 Å². The van der Waals surface area contributed by atoms with Crippen molar-refractivity contribution in [2.45, 2.75) is 20.1 Å². The molecular formula is C14H18N2OS. The molecule has 1 aromatic carbocycles. The van der Waals surface area contributed by atoms with Crippen LogP contribution < -0.4 is 5.32 Å². The highest BCUT2D eigenvalue weighted by Gasteiger charge is 2.12. The summed E-state index contributed by atoms with van der Waals surface area (Å²) in [4.78, 5) is 5.88. The van der Waals surface area contributed by atoms with Crippen molar-refractivity contribution in [1.29, 1.82) is 0 Å². The van der Waals surface area contributed by atoms with Gasteiger partial charge in [-0.3, -0.25) is 0 Å². The Kier molecular flexibility index (Phi) is 4.87. The van der Waals surface area contributed by atoms with Crippen molar-refractivity contribution in [3.8, 4) is 10.4 Å². The number of hydrogen-bond acceptors (Lipinski definition) is 4. The van der Waals surface area contributed by atoms with Crippen molar-refractivity contribution in [1.82, 2.24) is 10.3 Å². The molecule has 0 atom stereocenters. The minimum Gasteiger partial charge on any atom is -0.375 e. The number of rotatable bonds is 6. The van der Waals surface area contributed by atoms with Gasteiger partial charge in [-0.1, -0.05) is 30.3 Å². The maximum absolute atomic E-state index is 5.43. The third kappa shape index (κ3) is 3.16. The van der Waals surface area contributed by atoms with E-state index in [1.54, 1.807) is 11.3 Å². The fourth-order valence-electron chi connectivity index (χ4n) is 1.75.